The second-order valence-corrected chi connectivity index (χ2v) is 4.88. The fraction of sp³-hybridized carbons (Fsp3) is 0.308. The predicted molar refractivity (Wildman–Crippen MR) is 70.2 cm³/mol. The van der Waals surface area contributed by atoms with Crippen molar-refractivity contribution in [2.24, 2.45) is 0 Å². The van der Waals surface area contributed by atoms with E-state index in [0.717, 1.165) is 16.9 Å². The molecule has 3 nitrogen and oxygen atoms in total. The van der Waals surface area contributed by atoms with Crippen molar-refractivity contribution in [3.05, 3.63) is 50.9 Å². The topological polar surface area (TPSA) is 37.8 Å². The lowest BCUT2D eigenvalue weighted by Gasteiger charge is -2.05. The van der Waals surface area contributed by atoms with Crippen molar-refractivity contribution in [3.8, 4) is 5.69 Å². The number of aryl methyl sites for hydroxylation is 1. The molecule has 0 atom stereocenters. The average Bonchev–Trinajstić information content (AvgIpc) is 2.65. The molecule has 17 heavy (non-hydrogen) atoms. The first kappa shape index (κ1) is 12.0. The molecule has 1 aromatic carbocycles. The molecule has 0 saturated heterocycles. The summed E-state index contributed by atoms with van der Waals surface area (Å²) < 4.78 is 1.51. The molecular weight excluding hydrogens is 236 g/mol. The SMILES string of the molecule is Cc1ccc(-n2[nH]c(C(C)C)cc2=O)cc1Cl. The van der Waals surface area contributed by atoms with E-state index in [1.165, 1.54) is 4.68 Å². The largest absolute Gasteiger partial charge is 0.295 e. The van der Waals surface area contributed by atoms with Gasteiger partial charge >= 0.3 is 0 Å². The normalized spacial score (nSPS) is 11.1. The fourth-order valence-corrected chi connectivity index (χ4v) is 1.80. The number of benzene rings is 1. The molecule has 2 aromatic rings. The lowest BCUT2D eigenvalue weighted by molar-refractivity contribution is 0.760. The summed E-state index contributed by atoms with van der Waals surface area (Å²) in [6, 6.07) is 7.19. The van der Waals surface area contributed by atoms with Gasteiger partial charge in [0.1, 0.15) is 0 Å². The molecule has 0 unspecified atom stereocenters. The molecule has 0 amide bonds. The van der Waals surface area contributed by atoms with E-state index in [2.05, 4.69) is 5.10 Å². The lowest BCUT2D eigenvalue weighted by Crippen LogP contribution is -2.13. The first-order chi connectivity index (χ1) is 7.99. The summed E-state index contributed by atoms with van der Waals surface area (Å²) in [6.45, 7) is 6.01. The molecule has 0 radical (unpaired) electrons. The highest BCUT2D eigenvalue weighted by Crippen LogP contribution is 2.19. The minimum absolute atomic E-state index is 0.0615. The summed E-state index contributed by atoms with van der Waals surface area (Å²) in [7, 11) is 0. The average molecular weight is 251 g/mol. The third-order valence-electron chi connectivity index (χ3n) is 2.78. The molecule has 1 heterocycles. The van der Waals surface area contributed by atoms with Crippen LogP contribution in [0.2, 0.25) is 5.02 Å². The zero-order chi connectivity index (χ0) is 12.6. The smallest absolute Gasteiger partial charge is 0.271 e. The number of halogens is 1. The molecule has 0 fully saturated rings. The number of aromatic amines is 1. The van der Waals surface area contributed by atoms with Gasteiger partial charge in [-0.1, -0.05) is 31.5 Å². The first-order valence-electron chi connectivity index (χ1n) is 5.57. The van der Waals surface area contributed by atoms with Gasteiger partial charge in [0, 0.05) is 16.8 Å². The quantitative estimate of drug-likeness (QED) is 0.873. The summed E-state index contributed by atoms with van der Waals surface area (Å²) in [6.07, 6.45) is 0. The highest BCUT2D eigenvalue weighted by Gasteiger charge is 2.08. The van der Waals surface area contributed by atoms with Crippen molar-refractivity contribution in [1.29, 1.82) is 0 Å². The van der Waals surface area contributed by atoms with Gasteiger partial charge in [0.05, 0.1) is 5.69 Å². The van der Waals surface area contributed by atoms with Gasteiger partial charge in [-0.2, -0.15) is 0 Å². The minimum Gasteiger partial charge on any atom is -0.295 e. The van der Waals surface area contributed by atoms with Crippen LogP contribution in [0.5, 0.6) is 0 Å². The van der Waals surface area contributed by atoms with Crippen LogP contribution in [-0.4, -0.2) is 9.78 Å². The second kappa shape index (κ2) is 4.41. The second-order valence-electron chi connectivity index (χ2n) is 4.47. The van der Waals surface area contributed by atoms with E-state index in [1.807, 2.05) is 32.9 Å². The first-order valence-corrected chi connectivity index (χ1v) is 5.95. The molecular formula is C13H15ClN2O. The predicted octanol–water partition coefficient (Wildman–Crippen LogP) is 3.25. The Bertz CT molecular complexity index is 596. The third-order valence-corrected chi connectivity index (χ3v) is 3.18. The Morgan fingerprint density at radius 3 is 2.53 bits per heavy atom. The Balaban J connectivity index is 2.53. The Morgan fingerprint density at radius 1 is 1.29 bits per heavy atom. The maximum Gasteiger partial charge on any atom is 0.271 e. The Morgan fingerprint density at radius 2 is 2.00 bits per heavy atom. The molecule has 1 aromatic heterocycles. The summed E-state index contributed by atoms with van der Waals surface area (Å²) >= 11 is 6.06. The molecule has 0 aliphatic carbocycles. The van der Waals surface area contributed by atoms with Crippen LogP contribution in [0.4, 0.5) is 0 Å². The van der Waals surface area contributed by atoms with Crippen LogP contribution in [0.15, 0.2) is 29.1 Å². The molecule has 0 bridgehead atoms. The van der Waals surface area contributed by atoms with Gasteiger partial charge in [-0.25, -0.2) is 4.68 Å². The molecule has 0 saturated carbocycles. The Kier molecular flexibility index (Phi) is 3.11. The van der Waals surface area contributed by atoms with E-state index in [-0.39, 0.29) is 5.56 Å². The number of H-pyrrole nitrogens is 1. The van der Waals surface area contributed by atoms with Gasteiger partial charge in [0.15, 0.2) is 0 Å². The van der Waals surface area contributed by atoms with Crippen molar-refractivity contribution in [3.63, 3.8) is 0 Å². The maximum absolute atomic E-state index is 11.8. The highest BCUT2D eigenvalue weighted by atomic mass is 35.5. The van der Waals surface area contributed by atoms with Crippen molar-refractivity contribution in [2.75, 3.05) is 0 Å². The maximum atomic E-state index is 11.8. The summed E-state index contributed by atoms with van der Waals surface area (Å²) in [5.41, 5.74) is 2.62. The van der Waals surface area contributed by atoms with Crippen molar-refractivity contribution < 1.29 is 0 Å². The molecule has 4 heteroatoms. The van der Waals surface area contributed by atoms with Gasteiger partial charge in [-0.15, -0.1) is 0 Å². The zero-order valence-electron chi connectivity index (χ0n) is 10.1. The van der Waals surface area contributed by atoms with Gasteiger partial charge in [-0.05, 0) is 30.5 Å². The van der Waals surface area contributed by atoms with E-state index in [9.17, 15) is 4.79 Å². The fourth-order valence-electron chi connectivity index (χ4n) is 1.62. The van der Waals surface area contributed by atoms with Crippen LogP contribution < -0.4 is 5.56 Å². The monoisotopic (exact) mass is 250 g/mol. The Hall–Kier alpha value is -1.48. The van der Waals surface area contributed by atoms with Crippen molar-refractivity contribution in [2.45, 2.75) is 26.7 Å². The highest BCUT2D eigenvalue weighted by molar-refractivity contribution is 6.31. The van der Waals surface area contributed by atoms with Gasteiger partial charge < -0.3 is 0 Å². The zero-order valence-corrected chi connectivity index (χ0v) is 10.9. The third kappa shape index (κ3) is 2.29. The molecule has 0 spiro atoms. The molecule has 0 aliphatic heterocycles. The van der Waals surface area contributed by atoms with Crippen LogP contribution in [-0.2, 0) is 0 Å². The Labute approximate surface area is 105 Å². The van der Waals surface area contributed by atoms with Crippen molar-refractivity contribution in [1.82, 2.24) is 9.78 Å². The number of nitrogens with one attached hydrogen (secondary N) is 1. The molecule has 2 rings (SSSR count). The minimum atomic E-state index is -0.0615. The van der Waals surface area contributed by atoms with E-state index in [4.69, 9.17) is 11.6 Å². The number of aromatic nitrogens is 2. The number of hydrogen-bond donors (Lipinski definition) is 1. The van der Waals surface area contributed by atoms with E-state index in [1.54, 1.807) is 12.1 Å². The summed E-state index contributed by atoms with van der Waals surface area (Å²) in [4.78, 5) is 11.8. The van der Waals surface area contributed by atoms with E-state index in [0.29, 0.717) is 10.9 Å². The molecule has 90 valence electrons. The van der Waals surface area contributed by atoms with Gasteiger partial charge in [0.2, 0.25) is 0 Å². The number of rotatable bonds is 2. The van der Waals surface area contributed by atoms with Crippen LogP contribution >= 0.6 is 11.6 Å². The van der Waals surface area contributed by atoms with E-state index < -0.39 is 0 Å². The van der Waals surface area contributed by atoms with Crippen LogP contribution in [0, 0.1) is 6.92 Å². The lowest BCUT2D eigenvalue weighted by atomic mass is 10.1. The van der Waals surface area contributed by atoms with Gasteiger partial charge in [-0.3, -0.25) is 9.89 Å². The van der Waals surface area contributed by atoms with Crippen LogP contribution in [0.25, 0.3) is 5.69 Å². The number of nitrogens with zero attached hydrogens (tertiary/aromatic N) is 1. The van der Waals surface area contributed by atoms with E-state index >= 15 is 0 Å². The number of hydrogen-bond acceptors (Lipinski definition) is 1. The van der Waals surface area contributed by atoms with Crippen LogP contribution in [0.3, 0.4) is 0 Å². The van der Waals surface area contributed by atoms with Crippen molar-refractivity contribution >= 4 is 11.6 Å². The molecule has 1 N–H and O–H groups in total. The summed E-state index contributed by atoms with van der Waals surface area (Å²) in [5.74, 6) is 0.296. The summed E-state index contributed by atoms with van der Waals surface area (Å²) in [5, 5.41) is 3.75. The molecule has 0 aliphatic rings. The van der Waals surface area contributed by atoms with Crippen LogP contribution in [0.1, 0.15) is 31.0 Å². The van der Waals surface area contributed by atoms with Gasteiger partial charge in [0.25, 0.3) is 5.56 Å². The standard InChI is InChI=1S/C13H15ClN2O/c1-8(2)12-7-13(17)16(15-12)10-5-4-9(3)11(14)6-10/h4-8,15H,1-3H3.